The van der Waals surface area contributed by atoms with Crippen LogP contribution in [0.15, 0.2) is 34.2 Å². The summed E-state index contributed by atoms with van der Waals surface area (Å²) in [6, 6.07) is 6.63. The van der Waals surface area contributed by atoms with Crippen LogP contribution in [0.25, 0.3) is 0 Å². The van der Waals surface area contributed by atoms with E-state index in [2.05, 4.69) is 22.5 Å². The molecular formula is C20H32FN3O2S. The summed E-state index contributed by atoms with van der Waals surface area (Å²) in [5, 5.41) is 6.63. The van der Waals surface area contributed by atoms with Crippen molar-refractivity contribution in [3.05, 3.63) is 30.1 Å². The van der Waals surface area contributed by atoms with Crippen LogP contribution in [0.4, 0.5) is 4.39 Å². The maximum absolute atomic E-state index is 12.9. The van der Waals surface area contributed by atoms with Crippen molar-refractivity contribution < 1.29 is 13.9 Å². The molecule has 0 bridgehead atoms. The molecule has 7 heteroatoms. The van der Waals surface area contributed by atoms with Crippen molar-refractivity contribution in [2.75, 3.05) is 45.2 Å². The molecule has 1 aromatic rings. The van der Waals surface area contributed by atoms with Crippen LogP contribution in [0, 0.1) is 5.82 Å². The number of hydrogen-bond donors (Lipinski definition) is 2. The van der Waals surface area contributed by atoms with Gasteiger partial charge in [0.1, 0.15) is 5.82 Å². The van der Waals surface area contributed by atoms with E-state index in [1.807, 2.05) is 12.1 Å². The Labute approximate surface area is 166 Å². The monoisotopic (exact) mass is 397 g/mol. The second-order valence-electron chi connectivity index (χ2n) is 6.38. The van der Waals surface area contributed by atoms with Crippen LogP contribution in [-0.2, 0) is 9.47 Å². The summed E-state index contributed by atoms with van der Waals surface area (Å²) in [4.78, 5) is 5.70. The van der Waals surface area contributed by atoms with Crippen LogP contribution < -0.4 is 10.6 Å². The first-order valence-corrected chi connectivity index (χ1v) is 10.9. The van der Waals surface area contributed by atoms with Crippen molar-refractivity contribution in [1.29, 1.82) is 0 Å². The second-order valence-corrected chi connectivity index (χ2v) is 7.55. The quantitative estimate of drug-likeness (QED) is 0.259. The van der Waals surface area contributed by atoms with Crippen LogP contribution in [0.5, 0.6) is 0 Å². The van der Waals surface area contributed by atoms with Gasteiger partial charge in [-0.25, -0.2) is 4.39 Å². The first kappa shape index (κ1) is 22.0. The van der Waals surface area contributed by atoms with Gasteiger partial charge in [0.15, 0.2) is 5.96 Å². The number of nitrogens with one attached hydrogen (secondary N) is 2. The summed E-state index contributed by atoms with van der Waals surface area (Å²) in [7, 11) is 0. The molecule has 1 saturated heterocycles. The summed E-state index contributed by atoms with van der Waals surface area (Å²) in [6.07, 6.45) is 4.31. The number of rotatable bonds is 11. The molecule has 0 amide bonds. The van der Waals surface area contributed by atoms with E-state index in [9.17, 15) is 4.39 Å². The molecule has 1 fully saturated rings. The number of benzene rings is 1. The summed E-state index contributed by atoms with van der Waals surface area (Å²) < 4.78 is 24.1. The summed E-state index contributed by atoms with van der Waals surface area (Å²) in [5.74, 6) is 1.63. The Morgan fingerprint density at radius 2 is 2.00 bits per heavy atom. The molecule has 2 N–H and O–H groups in total. The summed E-state index contributed by atoms with van der Waals surface area (Å²) in [6.45, 7) is 6.93. The topological polar surface area (TPSA) is 54.9 Å². The fourth-order valence-corrected chi connectivity index (χ4v) is 3.53. The predicted octanol–water partition coefficient (Wildman–Crippen LogP) is 3.45. The van der Waals surface area contributed by atoms with E-state index < -0.39 is 0 Å². The predicted molar refractivity (Wildman–Crippen MR) is 110 cm³/mol. The van der Waals surface area contributed by atoms with Crippen molar-refractivity contribution in [2.45, 2.75) is 43.6 Å². The standard InChI is InChI=1S/C20H32FN3O2S/c1-2-22-20(23-11-3-13-26-18-9-14-25-15-10-18)24-12-4-16-27-19-7-5-17(21)6-8-19/h5-8,18H,2-4,9-16H2,1H3,(H2,22,23,24). The Kier molecular flexibility index (Phi) is 11.2. The largest absolute Gasteiger partial charge is 0.381 e. The van der Waals surface area contributed by atoms with Gasteiger partial charge < -0.3 is 20.1 Å². The highest BCUT2D eigenvalue weighted by Crippen LogP contribution is 2.18. The molecule has 1 heterocycles. The van der Waals surface area contributed by atoms with Gasteiger partial charge >= 0.3 is 0 Å². The Morgan fingerprint density at radius 3 is 2.74 bits per heavy atom. The highest BCUT2D eigenvalue weighted by molar-refractivity contribution is 7.99. The Hall–Kier alpha value is -1.31. The minimum Gasteiger partial charge on any atom is -0.381 e. The van der Waals surface area contributed by atoms with E-state index >= 15 is 0 Å². The molecular weight excluding hydrogens is 365 g/mol. The molecule has 27 heavy (non-hydrogen) atoms. The van der Waals surface area contributed by atoms with Crippen molar-refractivity contribution in [2.24, 2.45) is 4.99 Å². The van der Waals surface area contributed by atoms with E-state index in [0.717, 1.165) is 81.7 Å². The third kappa shape index (κ3) is 9.98. The highest BCUT2D eigenvalue weighted by Gasteiger charge is 2.13. The fourth-order valence-electron chi connectivity index (χ4n) is 2.69. The fraction of sp³-hybridized carbons (Fsp3) is 0.650. The minimum atomic E-state index is -0.191. The third-order valence-corrected chi connectivity index (χ3v) is 5.23. The zero-order valence-corrected chi connectivity index (χ0v) is 17.0. The van der Waals surface area contributed by atoms with Crippen molar-refractivity contribution in [1.82, 2.24) is 10.6 Å². The van der Waals surface area contributed by atoms with Crippen LogP contribution in [0.1, 0.15) is 32.6 Å². The molecule has 0 aromatic heterocycles. The molecule has 0 saturated carbocycles. The smallest absolute Gasteiger partial charge is 0.191 e. The maximum atomic E-state index is 12.9. The Balaban J connectivity index is 1.55. The van der Waals surface area contributed by atoms with Crippen LogP contribution in [-0.4, -0.2) is 57.3 Å². The van der Waals surface area contributed by atoms with E-state index in [-0.39, 0.29) is 5.82 Å². The van der Waals surface area contributed by atoms with Gasteiger partial charge in [-0.3, -0.25) is 4.99 Å². The van der Waals surface area contributed by atoms with Gasteiger partial charge in [-0.1, -0.05) is 0 Å². The number of guanidine groups is 1. The first-order valence-electron chi connectivity index (χ1n) is 9.88. The van der Waals surface area contributed by atoms with Crippen molar-refractivity contribution in [3.8, 4) is 0 Å². The number of thioether (sulfide) groups is 1. The Bertz CT molecular complexity index is 537. The third-order valence-electron chi connectivity index (χ3n) is 4.13. The molecule has 1 aliphatic heterocycles. The average molecular weight is 398 g/mol. The van der Waals surface area contributed by atoms with Gasteiger partial charge in [0, 0.05) is 44.4 Å². The normalized spacial score (nSPS) is 15.7. The lowest BCUT2D eigenvalue weighted by Gasteiger charge is -2.22. The van der Waals surface area contributed by atoms with Crippen LogP contribution in [0.3, 0.4) is 0 Å². The van der Waals surface area contributed by atoms with Crippen LogP contribution >= 0.6 is 11.8 Å². The molecule has 0 atom stereocenters. The summed E-state index contributed by atoms with van der Waals surface area (Å²) >= 11 is 1.73. The zero-order chi connectivity index (χ0) is 19.2. The molecule has 5 nitrogen and oxygen atoms in total. The molecule has 1 aliphatic rings. The SMILES string of the molecule is CCNC(=NCCCSc1ccc(F)cc1)NCCCOC1CCOCC1. The van der Waals surface area contributed by atoms with Crippen LogP contribution in [0.2, 0.25) is 0 Å². The van der Waals surface area contributed by atoms with Crippen molar-refractivity contribution in [3.63, 3.8) is 0 Å². The highest BCUT2D eigenvalue weighted by atomic mass is 32.2. The summed E-state index contributed by atoms with van der Waals surface area (Å²) in [5.41, 5.74) is 0. The molecule has 152 valence electrons. The van der Waals surface area contributed by atoms with Gasteiger partial charge in [0.05, 0.1) is 6.10 Å². The second kappa shape index (κ2) is 13.8. The van der Waals surface area contributed by atoms with E-state index in [4.69, 9.17) is 9.47 Å². The number of aliphatic imine (C=N–C) groups is 1. The molecule has 0 aliphatic carbocycles. The van der Waals surface area contributed by atoms with Gasteiger partial charge in [-0.05, 0) is 62.6 Å². The van der Waals surface area contributed by atoms with E-state index in [1.165, 1.54) is 12.1 Å². The molecule has 0 unspecified atom stereocenters. The minimum absolute atomic E-state index is 0.191. The maximum Gasteiger partial charge on any atom is 0.191 e. The number of hydrogen-bond acceptors (Lipinski definition) is 4. The van der Waals surface area contributed by atoms with Gasteiger partial charge in [-0.15, -0.1) is 11.8 Å². The molecule has 1 aromatic carbocycles. The average Bonchev–Trinajstić information content (AvgIpc) is 2.69. The molecule has 2 rings (SSSR count). The number of nitrogens with zero attached hydrogens (tertiary/aromatic N) is 1. The lowest BCUT2D eigenvalue weighted by atomic mass is 10.1. The lowest BCUT2D eigenvalue weighted by molar-refractivity contribution is -0.0320. The Morgan fingerprint density at radius 1 is 1.22 bits per heavy atom. The number of ether oxygens (including phenoxy) is 2. The zero-order valence-electron chi connectivity index (χ0n) is 16.2. The van der Waals surface area contributed by atoms with Gasteiger partial charge in [0.25, 0.3) is 0 Å². The van der Waals surface area contributed by atoms with Gasteiger partial charge in [-0.2, -0.15) is 0 Å². The van der Waals surface area contributed by atoms with E-state index in [0.29, 0.717) is 6.10 Å². The first-order chi connectivity index (χ1) is 13.3. The molecule has 0 spiro atoms. The molecule has 0 radical (unpaired) electrons. The van der Waals surface area contributed by atoms with E-state index in [1.54, 1.807) is 11.8 Å². The van der Waals surface area contributed by atoms with Crippen molar-refractivity contribution >= 4 is 17.7 Å². The lowest BCUT2D eigenvalue weighted by Crippen LogP contribution is -2.38. The number of halogens is 1. The van der Waals surface area contributed by atoms with Gasteiger partial charge in [0.2, 0.25) is 0 Å².